The fraction of sp³-hybridized carbons (Fsp3) is 0.625. The Labute approximate surface area is 121 Å². The van der Waals surface area contributed by atoms with Crippen LogP contribution in [0, 0.1) is 0 Å². The fourth-order valence-corrected chi connectivity index (χ4v) is 2.93. The number of aromatic hydroxyl groups is 1. The van der Waals surface area contributed by atoms with Gasteiger partial charge in [0.15, 0.2) is 0 Å². The molecule has 2 rings (SSSR count). The minimum absolute atomic E-state index is 0.278. The lowest BCUT2D eigenvalue weighted by Gasteiger charge is -2.36. The summed E-state index contributed by atoms with van der Waals surface area (Å²) in [6.07, 6.45) is 3.22. The predicted octanol–water partition coefficient (Wildman–Crippen LogP) is 1.67. The van der Waals surface area contributed by atoms with E-state index in [4.69, 9.17) is 5.11 Å². The monoisotopic (exact) mass is 278 g/mol. The van der Waals surface area contributed by atoms with E-state index in [1.54, 1.807) is 6.07 Å². The van der Waals surface area contributed by atoms with E-state index in [1.807, 2.05) is 12.1 Å². The number of likely N-dealkylation sites (tertiary alicyclic amines) is 1. The molecule has 0 amide bonds. The first kappa shape index (κ1) is 15.3. The van der Waals surface area contributed by atoms with Crippen LogP contribution < -0.4 is 0 Å². The van der Waals surface area contributed by atoms with Gasteiger partial charge >= 0.3 is 0 Å². The molecule has 2 N–H and O–H groups in total. The van der Waals surface area contributed by atoms with Crippen LogP contribution >= 0.6 is 0 Å². The third-order valence-corrected chi connectivity index (χ3v) is 4.17. The van der Waals surface area contributed by atoms with E-state index in [2.05, 4.69) is 22.9 Å². The van der Waals surface area contributed by atoms with Crippen molar-refractivity contribution in [2.45, 2.75) is 31.8 Å². The van der Waals surface area contributed by atoms with E-state index < -0.39 is 0 Å². The zero-order valence-corrected chi connectivity index (χ0v) is 12.3. The molecular weight excluding hydrogens is 252 g/mol. The highest BCUT2D eigenvalue weighted by molar-refractivity contribution is 5.27. The third kappa shape index (κ3) is 4.47. The molecule has 112 valence electrons. The summed E-state index contributed by atoms with van der Waals surface area (Å²) in [5.74, 6) is 0.348. The van der Waals surface area contributed by atoms with Gasteiger partial charge in [0, 0.05) is 25.7 Å². The molecule has 1 aromatic carbocycles. The molecule has 0 radical (unpaired) electrons. The van der Waals surface area contributed by atoms with Crippen molar-refractivity contribution in [1.82, 2.24) is 9.80 Å². The second-order valence-electron chi connectivity index (χ2n) is 5.73. The number of phenolic OH excluding ortho intramolecular Hbond substituents is 1. The van der Waals surface area contributed by atoms with Gasteiger partial charge in [-0.1, -0.05) is 12.1 Å². The lowest BCUT2D eigenvalue weighted by Crippen LogP contribution is -2.43. The molecular formula is C16H26N2O2. The minimum Gasteiger partial charge on any atom is -0.508 e. The topological polar surface area (TPSA) is 46.9 Å². The van der Waals surface area contributed by atoms with Crippen molar-refractivity contribution in [3.8, 4) is 5.75 Å². The molecule has 1 aliphatic rings. The number of rotatable bonds is 6. The zero-order chi connectivity index (χ0) is 14.4. The SMILES string of the molecule is CN(CCCO)C1CCN(Cc2cccc(O)c2)CC1. The maximum Gasteiger partial charge on any atom is 0.115 e. The summed E-state index contributed by atoms with van der Waals surface area (Å²) in [5.41, 5.74) is 1.18. The Morgan fingerprint density at radius 1 is 1.30 bits per heavy atom. The number of hydrogen-bond acceptors (Lipinski definition) is 4. The van der Waals surface area contributed by atoms with Crippen molar-refractivity contribution >= 4 is 0 Å². The average Bonchev–Trinajstić information content (AvgIpc) is 2.45. The van der Waals surface area contributed by atoms with E-state index in [0.717, 1.165) is 32.6 Å². The van der Waals surface area contributed by atoms with Crippen LogP contribution in [0.25, 0.3) is 0 Å². The lowest BCUT2D eigenvalue weighted by atomic mass is 10.0. The summed E-state index contributed by atoms with van der Waals surface area (Å²) in [6.45, 7) is 4.38. The third-order valence-electron chi connectivity index (χ3n) is 4.17. The van der Waals surface area contributed by atoms with E-state index >= 15 is 0 Å². The maximum absolute atomic E-state index is 9.49. The van der Waals surface area contributed by atoms with Gasteiger partial charge in [-0.2, -0.15) is 0 Å². The Morgan fingerprint density at radius 3 is 2.70 bits per heavy atom. The summed E-state index contributed by atoms with van der Waals surface area (Å²) >= 11 is 0. The van der Waals surface area contributed by atoms with Crippen LogP contribution in [0.3, 0.4) is 0 Å². The lowest BCUT2D eigenvalue weighted by molar-refractivity contribution is 0.117. The van der Waals surface area contributed by atoms with Crippen molar-refractivity contribution in [1.29, 1.82) is 0 Å². The number of nitrogens with zero attached hydrogens (tertiary/aromatic N) is 2. The molecule has 0 spiro atoms. The zero-order valence-electron chi connectivity index (χ0n) is 12.3. The molecule has 1 heterocycles. The molecule has 0 aliphatic carbocycles. The van der Waals surface area contributed by atoms with Crippen molar-refractivity contribution < 1.29 is 10.2 Å². The van der Waals surface area contributed by atoms with Gasteiger partial charge in [0.2, 0.25) is 0 Å². The Kier molecular flexibility index (Phi) is 5.83. The summed E-state index contributed by atoms with van der Waals surface area (Å²) < 4.78 is 0. The van der Waals surface area contributed by atoms with Crippen LogP contribution in [0.5, 0.6) is 5.75 Å². The highest BCUT2D eigenvalue weighted by atomic mass is 16.3. The van der Waals surface area contributed by atoms with Gasteiger partial charge in [0.05, 0.1) is 0 Å². The van der Waals surface area contributed by atoms with E-state index in [0.29, 0.717) is 11.8 Å². The van der Waals surface area contributed by atoms with E-state index in [-0.39, 0.29) is 6.61 Å². The van der Waals surface area contributed by atoms with Crippen LogP contribution in [0.1, 0.15) is 24.8 Å². The van der Waals surface area contributed by atoms with Crippen molar-refractivity contribution in [3.63, 3.8) is 0 Å². The van der Waals surface area contributed by atoms with Crippen LogP contribution in [-0.4, -0.2) is 59.3 Å². The van der Waals surface area contributed by atoms with E-state index in [1.165, 1.54) is 18.4 Å². The van der Waals surface area contributed by atoms with E-state index in [9.17, 15) is 5.11 Å². The minimum atomic E-state index is 0.278. The summed E-state index contributed by atoms with van der Waals surface area (Å²) in [6, 6.07) is 8.17. The van der Waals surface area contributed by atoms with Crippen molar-refractivity contribution in [3.05, 3.63) is 29.8 Å². The number of benzene rings is 1. The summed E-state index contributed by atoms with van der Waals surface area (Å²) in [4.78, 5) is 4.83. The first-order valence-electron chi connectivity index (χ1n) is 7.50. The second kappa shape index (κ2) is 7.62. The first-order valence-corrected chi connectivity index (χ1v) is 7.50. The molecule has 4 nitrogen and oxygen atoms in total. The van der Waals surface area contributed by atoms with Crippen LogP contribution in [0.2, 0.25) is 0 Å². The molecule has 4 heteroatoms. The molecule has 0 aromatic heterocycles. The molecule has 1 saturated heterocycles. The Bertz CT molecular complexity index is 403. The molecule has 1 fully saturated rings. The first-order chi connectivity index (χ1) is 9.69. The summed E-state index contributed by atoms with van der Waals surface area (Å²) in [5, 5.41) is 18.4. The van der Waals surface area contributed by atoms with Crippen molar-refractivity contribution in [2.24, 2.45) is 0 Å². The van der Waals surface area contributed by atoms with Gasteiger partial charge in [0.25, 0.3) is 0 Å². The molecule has 0 atom stereocenters. The second-order valence-corrected chi connectivity index (χ2v) is 5.73. The number of aliphatic hydroxyl groups excluding tert-OH is 1. The maximum atomic E-state index is 9.49. The van der Waals surface area contributed by atoms with Gasteiger partial charge in [-0.05, 0) is 57.1 Å². The fourth-order valence-electron chi connectivity index (χ4n) is 2.93. The molecule has 20 heavy (non-hydrogen) atoms. The average molecular weight is 278 g/mol. The molecule has 0 saturated carbocycles. The standard InChI is InChI=1S/C16H26N2O2/c1-17(8-3-11-19)15-6-9-18(10-7-15)13-14-4-2-5-16(20)12-14/h2,4-5,12,15,19-20H,3,6-11,13H2,1H3. The van der Waals surface area contributed by atoms with Gasteiger partial charge < -0.3 is 15.1 Å². The number of phenols is 1. The largest absolute Gasteiger partial charge is 0.508 e. The van der Waals surface area contributed by atoms with Crippen LogP contribution in [-0.2, 0) is 6.54 Å². The van der Waals surface area contributed by atoms with Crippen LogP contribution in [0.15, 0.2) is 24.3 Å². The smallest absolute Gasteiger partial charge is 0.115 e. The molecule has 1 aromatic rings. The predicted molar refractivity (Wildman–Crippen MR) is 80.7 cm³/mol. The highest BCUT2D eigenvalue weighted by Crippen LogP contribution is 2.19. The normalized spacial score (nSPS) is 17.8. The summed E-state index contributed by atoms with van der Waals surface area (Å²) in [7, 11) is 2.16. The van der Waals surface area contributed by atoms with Gasteiger partial charge in [-0.3, -0.25) is 4.90 Å². The Hall–Kier alpha value is -1.10. The van der Waals surface area contributed by atoms with Gasteiger partial charge in [-0.25, -0.2) is 0 Å². The number of piperidine rings is 1. The van der Waals surface area contributed by atoms with Crippen LogP contribution in [0.4, 0.5) is 0 Å². The van der Waals surface area contributed by atoms with Gasteiger partial charge in [0.1, 0.15) is 5.75 Å². The molecule has 1 aliphatic heterocycles. The number of hydrogen-bond donors (Lipinski definition) is 2. The molecule has 0 unspecified atom stereocenters. The molecule has 0 bridgehead atoms. The van der Waals surface area contributed by atoms with Crippen molar-refractivity contribution in [2.75, 3.05) is 33.3 Å². The Balaban J connectivity index is 1.76. The Morgan fingerprint density at radius 2 is 2.05 bits per heavy atom. The van der Waals surface area contributed by atoms with Gasteiger partial charge in [-0.15, -0.1) is 0 Å². The highest BCUT2D eigenvalue weighted by Gasteiger charge is 2.22. The number of aliphatic hydroxyl groups is 1. The quantitative estimate of drug-likeness (QED) is 0.831.